The molecule has 0 saturated carbocycles. The molecule has 0 aromatic rings. The van der Waals surface area contributed by atoms with Crippen LogP contribution in [0.3, 0.4) is 0 Å². The molecular weight excluding hydrogens is 212 g/mol. The summed E-state index contributed by atoms with van der Waals surface area (Å²) in [7, 11) is 0. The lowest BCUT2D eigenvalue weighted by molar-refractivity contribution is -0.0229. The van der Waals surface area contributed by atoms with E-state index in [1.165, 1.54) is 6.42 Å². The van der Waals surface area contributed by atoms with Crippen molar-refractivity contribution in [1.82, 2.24) is 10.9 Å². The molecule has 3 heteroatoms. The highest BCUT2D eigenvalue weighted by molar-refractivity contribution is 4.71. The molecule has 0 aliphatic heterocycles. The first-order valence-electron chi connectivity index (χ1n) is 6.97. The molecule has 0 spiro atoms. The Morgan fingerprint density at radius 2 is 1.76 bits per heavy atom. The minimum Gasteiger partial charge on any atom is -0.374 e. The fraction of sp³-hybridized carbons (Fsp3) is 1.00. The molecule has 0 aliphatic carbocycles. The van der Waals surface area contributed by atoms with Crippen molar-refractivity contribution in [1.29, 1.82) is 0 Å². The van der Waals surface area contributed by atoms with Crippen LogP contribution in [0.25, 0.3) is 0 Å². The lowest BCUT2D eigenvalue weighted by Crippen LogP contribution is -2.45. The third-order valence-electron chi connectivity index (χ3n) is 2.97. The van der Waals surface area contributed by atoms with Gasteiger partial charge in [-0.15, -0.1) is 0 Å². The summed E-state index contributed by atoms with van der Waals surface area (Å²) in [6.07, 6.45) is 2.34. The Bertz CT molecular complexity index is 181. The molecule has 0 aliphatic rings. The Kier molecular flexibility index (Phi) is 8.83. The fourth-order valence-electron chi connectivity index (χ4n) is 1.29. The molecule has 0 radical (unpaired) electrons. The van der Waals surface area contributed by atoms with E-state index >= 15 is 0 Å². The second kappa shape index (κ2) is 8.90. The molecule has 0 bridgehead atoms. The third-order valence-corrected chi connectivity index (χ3v) is 2.97. The summed E-state index contributed by atoms with van der Waals surface area (Å²) >= 11 is 0. The van der Waals surface area contributed by atoms with Gasteiger partial charge >= 0.3 is 0 Å². The summed E-state index contributed by atoms with van der Waals surface area (Å²) in [5.74, 6) is 1.43. The Hall–Kier alpha value is -0.120. The van der Waals surface area contributed by atoms with Crippen LogP contribution < -0.4 is 10.9 Å². The van der Waals surface area contributed by atoms with Gasteiger partial charge in [-0.25, -0.2) is 0 Å². The number of hydrogen-bond acceptors (Lipinski definition) is 3. The van der Waals surface area contributed by atoms with E-state index in [0.717, 1.165) is 26.1 Å². The zero-order chi connectivity index (χ0) is 13.3. The van der Waals surface area contributed by atoms with E-state index < -0.39 is 0 Å². The van der Waals surface area contributed by atoms with Crippen LogP contribution in [0, 0.1) is 11.8 Å². The average Bonchev–Trinajstić information content (AvgIpc) is 2.23. The smallest absolute Gasteiger partial charge is 0.0764 e. The monoisotopic (exact) mass is 244 g/mol. The standard InChI is InChI=1S/C14H32N2O/c1-7-13(4)10-15-16-11-14(5,6)17-9-8-12(2)3/h12-13,15-16H,7-11H2,1-6H3. The van der Waals surface area contributed by atoms with E-state index in [1.807, 2.05) is 0 Å². The predicted octanol–water partition coefficient (Wildman–Crippen LogP) is 2.97. The number of hydrogen-bond donors (Lipinski definition) is 2. The highest BCUT2D eigenvalue weighted by Crippen LogP contribution is 2.10. The van der Waals surface area contributed by atoms with Crippen LogP contribution in [-0.4, -0.2) is 25.3 Å². The maximum absolute atomic E-state index is 5.87. The van der Waals surface area contributed by atoms with Gasteiger partial charge in [0.05, 0.1) is 5.60 Å². The lowest BCUT2D eigenvalue weighted by Gasteiger charge is -2.26. The van der Waals surface area contributed by atoms with Gasteiger partial charge in [-0.3, -0.25) is 10.9 Å². The summed E-state index contributed by atoms with van der Waals surface area (Å²) in [5, 5.41) is 0. The molecule has 0 aromatic carbocycles. The van der Waals surface area contributed by atoms with Crippen molar-refractivity contribution in [3.8, 4) is 0 Å². The normalized spacial score (nSPS) is 14.3. The molecule has 3 nitrogen and oxygen atoms in total. The minimum absolute atomic E-state index is 0.0999. The molecule has 17 heavy (non-hydrogen) atoms. The van der Waals surface area contributed by atoms with Gasteiger partial charge in [-0.2, -0.15) is 0 Å². The van der Waals surface area contributed by atoms with E-state index in [1.54, 1.807) is 0 Å². The predicted molar refractivity (Wildman–Crippen MR) is 74.9 cm³/mol. The average molecular weight is 244 g/mol. The molecule has 1 atom stereocenters. The quantitative estimate of drug-likeness (QED) is 0.458. The Morgan fingerprint density at radius 3 is 2.29 bits per heavy atom. The Morgan fingerprint density at radius 1 is 1.12 bits per heavy atom. The number of ether oxygens (including phenoxy) is 1. The topological polar surface area (TPSA) is 33.3 Å². The lowest BCUT2D eigenvalue weighted by atomic mass is 10.1. The van der Waals surface area contributed by atoms with Crippen molar-refractivity contribution < 1.29 is 4.74 Å². The van der Waals surface area contributed by atoms with E-state index in [9.17, 15) is 0 Å². The number of hydrazine groups is 1. The van der Waals surface area contributed by atoms with Crippen LogP contribution in [0.2, 0.25) is 0 Å². The molecule has 0 heterocycles. The summed E-state index contributed by atoms with van der Waals surface area (Å²) in [6, 6.07) is 0. The van der Waals surface area contributed by atoms with E-state index in [4.69, 9.17) is 4.74 Å². The van der Waals surface area contributed by atoms with Crippen LogP contribution in [0.5, 0.6) is 0 Å². The van der Waals surface area contributed by atoms with Crippen molar-refractivity contribution in [2.24, 2.45) is 11.8 Å². The van der Waals surface area contributed by atoms with E-state index in [2.05, 4.69) is 52.4 Å². The van der Waals surface area contributed by atoms with E-state index in [0.29, 0.717) is 11.8 Å². The second-order valence-electron chi connectivity index (χ2n) is 6.04. The summed E-state index contributed by atoms with van der Waals surface area (Å²) in [5.41, 5.74) is 6.42. The fourth-order valence-corrected chi connectivity index (χ4v) is 1.29. The van der Waals surface area contributed by atoms with Gasteiger partial charge in [-0.05, 0) is 32.1 Å². The Balaban J connectivity index is 3.56. The Labute approximate surface area is 108 Å². The number of nitrogens with one attached hydrogen (secondary N) is 2. The maximum Gasteiger partial charge on any atom is 0.0764 e. The maximum atomic E-state index is 5.87. The summed E-state index contributed by atoms with van der Waals surface area (Å²) in [6.45, 7) is 15.9. The molecule has 0 aromatic heterocycles. The second-order valence-corrected chi connectivity index (χ2v) is 6.04. The molecule has 0 saturated heterocycles. The van der Waals surface area contributed by atoms with Gasteiger partial charge in [-0.1, -0.05) is 34.1 Å². The largest absolute Gasteiger partial charge is 0.374 e. The van der Waals surface area contributed by atoms with Gasteiger partial charge < -0.3 is 4.74 Å². The van der Waals surface area contributed by atoms with Crippen LogP contribution in [0.15, 0.2) is 0 Å². The van der Waals surface area contributed by atoms with Gasteiger partial charge in [0.2, 0.25) is 0 Å². The third kappa shape index (κ3) is 10.7. The van der Waals surface area contributed by atoms with Crippen molar-refractivity contribution in [2.45, 2.75) is 60.0 Å². The first-order valence-corrected chi connectivity index (χ1v) is 6.97. The van der Waals surface area contributed by atoms with Gasteiger partial charge in [0.1, 0.15) is 0 Å². The minimum atomic E-state index is -0.0999. The SMILES string of the molecule is CCC(C)CNNCC(C)(C)OCCC(C)C. The van der Waals surface area contributed by atoms with Crippen molar-refractivity contribution >= 4 is 0 Å². The van der Waals surface area contributed by atoms with Crippen LogP contribution >= 0.6 is 0 Å². The van der Waals surface area contributed by atoms with E-state index in [-0.39, 0.29) is 5.60 Å². The van der Waals surface area contributed by atoms with Crippen LogP contribution in [0.4, 0.5) is 0 Å². The summed E-state index contributed by atoms with van der Waals surface area (Å²) < 4.78 is 5.87. The van der Waals surface area contributed by atoms with Crippen molar-refractivity contribution in [3.05, 3.63) is 0 Å². The zero-order valence-electron chi connectivity index (χ0n) is 12.6. The van der Waals surface area contributed by atoms with Gasteiger partial charge in [0, 0.05) is 19.7 Å². The van der Waals surface area contributed by atoms with Gasteiger partial charge in [0.15, 0.2) is 0 Å². The molecule has 0 amide bonds. The van der Waals surface area contributed by atoms with Crippen LogP contribution in [-0.2, 0) is 4.74 Å². The molecule has 0 rings (SSSR count). The van der Waals surface area contributed by atoms with Gasteiger partial charge in [0.25, 0.3) is 0 Å². The molecule has 104 valence electrons. The molecule has 2 N–H and O–H groups in total. The first-order chi connectivity index (χ1) is 7.87. The summed E-state index contributed by atoms with van der Waals surface area (Å²) in [4.78, 5) is 0. The molecule has 1 unspecified atom stereocenters. The first kappa shape index (κ1) is 16.9. The highest BCUT2D eigenvalue weighted by atomic mass is 16.5. The van der Waals surface area contributed by atoms with Crippen LogP contribution in [0.1, 0.15) is 54.4 Å². The number of rotatable bonds is 10. The highest BCUT2D eigenvalue weighted by Gasteiger charge is 2.17. The molecule has 0 fully saturated rings. The van der Waals surface area contributed by atoms with Crippen molar-refractivity contribution in [2.75, 3.05) is 19.7 Å². The zero-order valence-corrected chi connectivity index (χ0v) is 12.6. The molecular formula is C14H32N2O. The van der Waals surface area contributed by atoms with Crippen molar-refractivity contribution in [3.63, 3.8) is 0 Å².